The van der Waals surface area contributed by atoms with Crippen molar-refractivity contribution in [1.82, 2.24) is 10.6 Å². The maximum Gasteiger partial charge on any atom is 0.407 e. The van der Waals surface area contributed by atoms with E-state index in [1.807, 2.05) is 31.2 Å². The van der Waals surface area contributed by atoms with E-state index in [4.69, 9.17) is 4.74 Å². The number of carbonyl (C=O) groups is 3. The molecule has 3 unspecified atom stereocenters. The molecule has 7 nitrogen and oxygen atoms in total. The minimum atomic E-state index is -1.11. The zero-order chi connectivity index (χ0) is 25.0. The van der Waals surface area contributed by atoms with Gasteiger partial charge in [0.15, 0.2) is 0 Å². The van der Waals surface area contributed by atoms with Crippen LogP contribution >= 0.6 is 0 Å². The number of ether oxygens (including phenoxy) is 1. The van der Waals surface area contributed by atoms with Gasteiger partial charge >= 0.3 is 12.1 Å². The first-order valence-electron chi connectivity index (χ1n) is 12.1. The van der Waals surface area contributed by atoms with Crippen molar-refractivity contribution >= 4 is 18.0 Å². The SMILES string of the molecule is C=CCC(NC(=O)C1CCCCC1(C)NC(=O)OCC1c2ccccc2-c2ccccc21)C(=O)O. The van der Waals surface area contributed by atoms with Crippen molar-refractivity contribution in [2.24, 2.45) is 5.92 Å². The molecule has 7 heteroatoms. The Balaban J connectivity index is 1.43. The standard InChI is InChI=1S/C28H32N2O5/c1-3-10-24(26(32)33)29-25(31)23-15-8-9-16-28(23,2)30-27(34)35-17-22-20-13-6-4-11-18(20)19-12-5-7-14-21(19)22/h3-7,11-14,22-24H,1,8-10,15-17H2,2H3,(H,29,31)(H,30,34)(H,32,33). The van der Waals surface area contributed by atoms with E-state index in [0.29, 0.717) is 12.8 Å². The summed E-state index contributed by atoms with van der Waals surface area (Å²) in [5.41, 5.74) is 3.73. The average Bonchev–Trinajstić information content (AvgIpc) is 3.16. The van der Waals surface area contributed by atoms with Gasteiger partial charge in [0.05, 0.1) is 11.5 Å². The van der Waals surface area contributed by atoms with E-state index in [1.54, 1.807) is 0 Å². The summed E-state index contributed by atoms with van der Waals surface area (Å²) in [5.74, 6) is -2.09. The van der Waals surface area contributed by atoms with Gasteiger partial charge in [-0.2, -0.15) is 0 Å². The Kier molecular flexibility index (Phi) is 7.24. The van der Waals surface area contributed by atoms with Crippen molar-refractivity contribution in [3.8, 4) is 11.1 Å². The zero-order valence-corrected chi connectivity index (χ0v) is 20.0. The number of nitrogens with one attached hydrogen (secondary N) is 2. The summed E-state index contributed by atoms with van der Waals surface area (Å²) in [4.78, 5) is 37.4. The first kappa shape index (κ1) is 24.5. The summed E-state index contributed by atoms with van der Waals surface area (Å²) in [6, 6.07) is 15.2. The van der Waals surface area contributed by atoms with Crippen molar-refractivity contribution in [2.45, 2.75) is 56.5 Å². The molecular weight excluding hydrogens is 444 g/mol. The third-order valence-corrected chi connectivity index (χ3v) is 7.27. The smallest absolute Gasteiger partial charge is 0.407 e. The second kappa shape index (κ2) is 10.3. The molecule has 0 bridgehead atoms. The highest BCUT2D eigenvalue weighted by atomic mass is 16.5. The number of rotatable bonds is 8. The highest BCUT2D eigenvalue weighted by Crippen LogP contribution is 2.44. The number of carboxylic acid groups (broad SMARTS) is 1. The fraction of sp³-hybridized carbons (Fsp3) is 0.393. The van der Waals surface area contributed by atoms with Crippen LogP contribution in [0.5, 0.6) is 0 Å². The van der Waals surface area contributed by atoms with Gasteiger partial charge in [-0.3, -0.25) is 4.79 Å². The van der Waals surface area contributed by atoms with Gasteiger partial charge in [0.25, 0.3) is 0 Å². The molecule has 2 aromatic carbocycles. The second-order valence-electron chi connectivity index (χ2n) is 9.59. The molecule has 35 heavy (non-hydrogen) atoms. The zero-order valence-electron chi connectivity index (χ0n) is 20.0. The van der Waals surface area contributed by atoms with E-state index in [1.165, 1.54) is 6.08 Å². The Morgan fingerprint density at radius 3 is 2.34 bits per heavy atom. The van der Waals surface area contributed by atoms with Gasteiger partial charge < -0.3 is 20.5 Å². The van der Waals surface area contributed by atoms with Gasteiger partial charge in [0.1, 0.15) is 12.6 Å². The number of alkyl carbamates (subject to hydrolysis) is 1. The van der Waals surface area contributed by atoms with E-state index in [9.17, 15) is 19.5 Å². The number of carboxylic acids is 1. The predicted octanol–water partition coefficient (Wildman–Crippen LogP) is 4.62. The Morgan fingerprint density at radius 1 is 1.11 bits per heavy atom. The summed E-state index contributed by atoms with van der Waals surface area (Å²) in [5, 5.41) is 14.9. The number of carbonyl (C=O) groups excluding carboxylic acids is 2. The summed E-state index contributed by atoms with van der Waals surface area (Å²) < 4.78 is 5.70. The van der Waals surface area contributed by atoms with Crippen LogP contribution < -0.4 is 10.6 Å². The van der Waals surface area contributed by atoms with Gasteiger partial charge in [0, 0.05) is 5.92 Å². The Labute approximate surface area is 205 Å². The van der Waals surface area contributed by atoms with E-state index >= 15 is 0 Å². The number of benzene rings is 2. The van der Waals surface area contributed by atoms with Gasteiger partial charge in [-0.25, -0.2) is 9.59 Å². The molecule has 3 atom stereocenters. The Morgan fingerprint density at radius 2 is 1.74 bits per heavy atom. The molecule has 0 aromatic heterocycles. The number of hydrogen-bond acceptors (Lipinski definition) is 4. The molecule has 1 saturated carbocycles. The first-order valence-corrected chi connectivity index (χ1v) is 12.1. The summed E-state index contributed by atoms with van der Waals surface area (Å²) in [7, 11) is 0. The highest BCUT2D eigenvalue weighted by molar-refractivity contribution is 5.86. The largest absolute Gasteiger partial charge is 0.480 e. The molecule has 2 aliphatic rings. The fourth-order valence-corrected chi connectivity index (χ4v) is 5.43. The topological polar surface area (TPSA) is 105 Å². The van der Waals surface area contributed by atoms with Gasteiger partial charge in [0.2, 0.25) is 5.91 Å². The lowest BCUT2D eigenvalue weighted by atomic mass is 9.73. The van der Waals surface area contributed by atoms with Gasteiger partial charge in [-0.15, -0.1) is 6.58 Å². The van der Waals surface area contributed by atoms with E-state index in [2.05, 4.69) is 41.5 Å². The van der Waals surface area contributed by atoms with Gasteiger partial charge in [-0.05, 0) is 48.4 Å². The fourth-order valence-electron chi connectivity index (χ4n) is 5.43. The van der Waals surface area contributed by atoms with Crippen LogP contribution in [0.2, 0.25) is 0 Å². The lowest BCUT2D eigenvalue weighted by Gasteiger charge is -2.41. The summed E-state index contributed by atoms with van der Waals surface area (Å²) >= 11 is 0. The Hall–Kier alpha value is -3.61. The lowest BCUT2D eigenvalue weighted by molar-refractivity contribution is -0.143. The highest BCUT2D eigenvalue weighted by Gasteiger charge is 2.43. The molecule has 0 spiro atoms. The molecule has 2 aliphatic carbocycles. The minimum Gasteiger partial charge on any atom is -0.480 e. The average molecular weight is 477 g/mol. The van der Waals surface area contributed by atoms with Crippen LogP contribution in [0.25, 0.3) is 11.1 Å². The Bertz CT molecular complexity index is 1080. The summed E-state index contributed by atoms with van der Waals surface area (Å²) in [6.45, 7) is 5.59. The molecule has 0 radical (unpaired) electrons. The quantitative estimate of drug-likeness (QED) is 0.482. The number of fused-ring (bicyclic) bond motifs is 3. The van der Waals surface area contributed by atoms with E-state index in [0.717, 1.165) is 35.1 Å². The van der Waals surface area contributed by atoms with E-state index < -0.39 is 29.6 Å². The maximum atomic E-state index is 13.0. The van der Waals surface area contributed by atoms with Gasteiger partial charge in [-0.1, -0.05) is 67.4 Å². The molecule has 3 N–H and O–H groups in total. The lowest BCUT2D eigenvalue weighted by Crippen LogP contribution is -2.59. The van der Waals surface area contributed by atoms with Crippen molar-refractivity contribution < 1.29 is 24.2 Å². The molecule has 1 fully saturated rings. The van der Waals surface area contributed by atoms with Crippen LogP contribution in [-0.4, -0.2) is 41.3 Å². The van der Waals surface area contributed by atoms with Crippen LogP contribution in [0.4, 0.5) is 4.79 Å². The molecule has 0 saturated heterocycles. The van der Waals surface area contributed by atoms with Crippen molar-refractivity contribution in [3.63, 3.8) is 0 Å². The van der Waals surface area contributed by atoms with Crippen LogP contribution in [0.3, 0.4) is 0 Å². The van der Waals surface area contributed by atoms with Crippen molar-refractivity contribution in [1.29, 1.82) is 0 Å². The molecule has 184 valence electrons. The molecule has 0 heterocycles. The molecule has 2 amide bonds. The predicted molar refractivity (Wildman–Crippen MR) is 133 cm³/mol. The molecule has 4 rings (SSSR count). The molecule has 0 aliphatic heterocycles. The number of hydrogen-bond donors (Lipinski definition) is 3. The van der Waals surface area contributed by atoms with Crippen LogP contribution in [0.1, 0.15) is 56.1 Å². The first-order chi connectivity index (χ1) is 16.8. The maximum absolute atomic E-state index is 13.0. The normalized spacial score (nSPS) is 21.8. The monoisotopic (exact) mass is 476 g/mol. The molecule has 2 aromatic rings. The molecular formula is C28H32N2O5. The second-order valence-corrected chi connectivity index (χ2v) is 9.59. The summed E-state index contributed by atoms with van der Waals surface area (Å²) in [6.07, 6.45) is 3.88. The van der Waals surface area contributed by atoms with Crippen LogP contribution in [-0.2, 0) is 14.3 Å². The van der Waals surface area contributed by atoms with Crippen molar-refractivity contribution in [2.75, 3.05) is 6.61 Å². The van der Waals surface area contributed by atoms with Crippen LogP contribution in [0.15, 0.2) is 61.2 Å². The number of amides is 2. The van der Waals surface area contributed by atoms with Crippen molar-refractivity contribution in [3.05, 3.63) is 72.3 Å². The minimum absolute atomic E-state index is 0.0540. The van der Waals surface area contributed by atoms with Crippen LogP contribution in [0, 0.1) is 5.92 Å². The third-order valence-electron chi connectivity index (χ3n) is 7.27. The third kappa shape index (κ3) is 5.09. The van der Waals surface area contributed by atoms with E-state index in [-0.39, 0.29) is 24.9 Å². The number of aliphatic carboxylic acids is 1.